The Bertz CT molecular complexity index is 683. The van der Waals surface area contributed by atoms with Gasteiger partial charge in [-0.1, -0.05) is 12.6 Å². The molecule has 1 aliphatic rings. The van der Waals surface area contributed by atoms with Crippen LogP contribution in [0.15, 0.2) is 30.9 Å². The minimum atomic E-state index is -0.205. The summed E-state index contributed by atoms with van der Waals surface area (Å²) in [5.74, 6) is 0.810. The van der Waals surface area contributed by atoms with Gasteiger partial charge >= 0.3 is 0 Å². The number of rotatable bonds is 3. The van der Waals surface area contributed by atoms with Gasteiger partial charge in [-0.3, -0.25) is 9.48 Å². The highest BCUT2D eigenvalue weighted by Gasteiger charge is 2.19. The first kappa shape index (κ1) is 13.7. The zero-order valence-corrected chi connectivity index (χ0v) is 12.3. The van der Waals surface area contributed by atoms with E-state index in [-0.39, 0.29) is 5.91 Å². The largest absolute Gasteiger partial charge is 0.355 e. The third kappa shape index (κ3) is 2.51. The summed E-state index contributed by atoms with van der Waals surface area (Å²) in [6.45, 7) is 5.60. The normalized spacial score (nSPS) is 15.2. The highest BCUT2D eigenvalue weighted by Crippen LogP contribution is 2.32. The molecule has 110 valence electrons. The zero-order chi connectivity index (χ0) is 14.8. The van der Waals surface area contributed by atoms with Crippen molar-refractivity contribution in [2.75, 3.05) is 23.3 Å². The number of hydrogen-bond acceptors (Lipinski definition) is 3. The van der Waals surface area contributed by atoms with E-state index in [2.05, 4.69) is 28.0 Å². The molecule has 0 unspecified atom stereocenters. The molecule has 5 nitrogen and oxygen atoms in total. The van der Waals surface area contributed by atoms with Gasteiger partial charge < -0.3 is 10.2 Å². The highest BCUT2D eigenvalue weighted by molar-refractivity contribution is 6.07. The van der Waals surface area contributed by atoms with E-state index in [1.807, 2.05) is 23.9 Å². The van der Waals surface area contributed by atoms with Crippen LogP contribution in [0, 0.1) is 0 Å². The maximum Gasteiger partial charge on any atom is 0.247 e. The lowest BCUT2D eigenvalue weighted by molar-refractivity contribution is -0.111. The van der Waals surface area contributed by atoms with Gasteiger partial charge in [-0.05, 0) is 37.5 Å². The number of fused-ring (bicyclic) bond motifs is 1. The summed E-state index contributed by atoms with van der Waals surface area (Å²) in [5, 5.41) is 8.61. The second-order valence-corrected chi connectivity index (χ2v) is 5.39. The Morgan fingerprint density at radius 3 is 2.81 bits per heavy atom. The standard InChI is InChI=1S/C16H20N4O/c1-3-14(21)17-13-9-7-8-12-15(13)19(2)18-16(12)20-10-5-4-6-11-20/h3,7-9H,1,4-6,10-11H2,2H3,(H,17,21). The summed E-state index contributed by atoms with van der Waals surface area (Å²) in [6.07, 6.45) is 5.00. The molecule has 2 heterocycles. The molecule has 0 aliphatic carbocycles. The summed E-state index contributed by atoms with van der Waals surface area (Å²) in [4.78, 5) is 13.9. The monoisotopic (exact) mass is 284 g/mol. The van der Waals surface area contributed by atoms with E-state index >= 15 is 0 Å². The maximum atomic E-state index is 11.6. The number of aryl methyl sites for hydroxylation is 1. The Kier molecular flexibility index (Phi) is 3.64. The number of nitrogens with one attached hydrogen (secondary N) is 1. The van der Waals surface area contributed by atoms with Gasteiger partial charge in [-0.25, -0.2) is 0 Å². The predicted molar refractivity (Wildman–Crippen MR) is 85.6 cm³/mol. The van der Waals surface area contributed by atoms with E-state index in [0.717, 1.165) is 35.5 Å². The highest BCUT2D eigenvalue weighted by atomic mass is 16.1. The number of anilines is 2. The van der Waals surface area contributed by atoms with Crippen molar-refractivity contribution in [1.82, 2.24) is 9.78 Å². The van der Waals surface area contributed by atoms with Gasteiger partial charge in [-0.15, -0.1) is 0 Å². The fourth-order valence-corrected chi connectivity index (χ4v) is 2.94. The molecule has 21 heavy (non-hydrogen) atoms. The van der Waals surface area contributed by atoms with Crippen LogP contribution in [0.4, 0.5) is 11.5 Å². The molecule has 1 aliphatic heterocycles. The molecule has 1 aromatic heterocycles. The first-order valence-electron chi connectivity index (χ1n) is 7.35. The first-order chi connectivity index (χ1) is 10.2. The number of carbonyl (C=O) groups excluding carboxylic acids is 1. The molecule has 1 aromatic carbocycles. The van der Waals surface area contributed by atoms with Crippen LogP contribution < -0.4 is 10.2 Å². The second kappa shape index (κ2) is 5.60. The molecule has 0 atom stereocenters. The number of benzene rings is 1. The smallest absolute Gasteiger partial charge is 0.247 e. The fourth-order valence-electron chi connectivity index (χ4n) is 2.94. The zero-order valence-electron chi connectivity index (χ0n) is 12.3. The number of aromatic nitrogens is 2. The fraction of sp³-hybridized carbons (Fsp3) is 0.375. The lowest BCUT2D eigenvalue weighted by Gasteiger charge is -2.26. The van der Waals surface area contributed by atoms with Crippen LogP contribution in [0.2, 0.25) is 0 Å². The van der Waals surface area contributed by atoms with Crippen LogP contribution in [0.3, 0.4) is 0 Å². The van der Waals surface area contributed by atoms with Gasteiger partial charge in [0.25, 0.3) is 0 Å². The summed E-state index contributed by atoms with van der Waals surface area (Å²) < 4.78 is 1.85. The number of nitrogens with zero attached hydrogens (tertiary/aromatic N) is 3. The van der Waals surface area contributed by atoms with Crippen molar-refractivity contribution in [3.63, 3.8) is 0 Å². The van der Waals surface area contributed by atoms with Crippen molar-refractivity contribution in [2.24, 2.45) is 7.05 Å². The van der Waals surface area contributed by atoms with E-state index in [4.69, 9.17) is 0 Å². The van der Waals surface area contributed by atoms with Crippen LogP contribution in [-0.4, -0.2) is 28.8 Å². The summed E-state index contributed by atoms with van der Waals surface area (Å²) in [5.41, 5.74) is 1.73. The Labute approximate surface area is 124 Å². The number of carbonyl (C=O) groups is 1. The van der Waals surface area contributed by atoms with Gasteiger partial charge in [0.05, 0.1) is 11.2 Å². The van der Waals surface area contributed by atoms with Crippen molar-refractivity contribution in [1.29, 1.82) is 0 Å². The topological polar surface area (TPSA) is 50.2 Å². The quantitative estimate of drug-likeness (QED) is 0.882. The van der Waals surface area contributed by atoms with Crippen LogP contribution in [-0.2, 0) is 11.8 Å². The van der Waals surface area contributed by atoms with Crippen LogP contribution in [0.5, 0.6) is 0 Å². The molecule has 1 saturated heterocycles. The number of piperidine rings is 1. The lowest BCUT2D eigenvalue weighted by atomic mass is 10.1. The third-order valence-corrected chi connectivity index (χ3v) is 3.94. The minimum Gasteiger partial charge on any atom is -0.355 e. The minimum absolute atomic E-state index is 0.205. The van der Waals surface area contributed by atoms with Crippen molar-refractivity contribution in [3.8, 4) is 0 Å². The SMILES string of the molecule is C=CC(=O)Nc1cccc2c(N3CCCCC3)nn(C)c12. The van der Waals surface area contributed by atoms with E-state index in [9.17, 15) is 4.79 Å². The van der Waals surface area contributed by atoms with Crippen molar-refractivity contribution < 1.29 is 4.79 Å². The molecular weight excluding hydrogens is 264 g/mol. The molecule has 0 bridgehead atoms. The van der Waals surface area contributed by atoms with Gasteiger partial charge in [0.1, 0.15) is 0 Å². The average Bonchev–Trinajstić information content (AvgIpc) is 2.86. The number of hydrogen-bond donors (Lipinski definition) is 1. The number of amides is 1. The second-order valence-electron chi connectivity index (χ2n) is 5.39. The summed E-state index contributed by atoms with van der Waals surface area (Å²) >= 11 is 0. The molecule has 2 aromatic rings. The Morgan fingerprint density at radius 2 is 2.10 bits per heavy atom. The molecule has 1 fully saturated rings. The molecule has 1 amide bonds. The molecule has 5 heteroatoms. The Hall–Kier alpha value is -2.30. The molecule has 0 spiro atoms. The van der Waals surface area contributed by atoms with Gasteiger partial charge in [0.2, 0.25) is 5.91 Å². The van der Waals surface area contributed by atoms with Crippen molar-refractivity contribution in [2.45, 2.75) is 19.3 Å². The van der Waals surface area contributed by atoms with Crippen LogP contribution >= 0.6 is 0 Å². The van der Waals surface area contributed by atoms with Gasteiger partial charge in [0, 0.05) is 25.5 Å². The number of para-hydroxylation sites is 1. The van der Waals surface area contributed by atoms with Crippen molar-refractivity contribution >= 4 is 28.3 Å². The van der Waals surface area contributed by atoms with E-state index < -0.39 is 0 Å². The summed E-state index contributed by atoms with van der Waals surface area (Å²) in [7, 11) is 1.92. The molecule has 1 N–H and O–H groups in total. The predicted octanol–water partition coefficient (Wildman–Crippen LogP) is 2.69. The Balaban J connectivity index is 2.06. The molecule has 0 saturated carbocycles. The van der Waals surface area contributed by atoms with Crippen LogP contribution in [0.1, 0.15) is 19.3 Å². The van der Waals surface area contributed by atoms with E-state index in [1.54, 1.807) is 0 Å². The van der Waals surface area contributed by atoms with E-state index in [0.29, 0.717) is 0 Å². The first-order valence-corrected chi connectivity index (χ1v) is 7.35. The van der Waals surface area contributed by atoms with Crippen molar-refractivity contribution in [3.05, 3.63) is 30.9 Å². The van der Waals surface area contributed by atoms with E-state index in [1.165, 1.54) is 25.3 Å². The molecule has 0 radical (unpaired) electrons. The van der Waals surface area contributed by atoms with Gasteiger partial charge in [-0.2, -0.15) is 5.10 Å². The Morgan fingerprint density at radius 1 is 1.33 bits per heavy atom. The average molecular weight is 284 g/mol. The maximum absolute atomic E-state index is 11.6. The third-order valence-electron chi connectivity index (χ3n) is 3.94. The molecular formula is C16H20N4O. The molecule has 3 rings (SSSR count). The summed E-state index contributed by atoms with van der Waals surface area (Å²) in [6, 6.07) is 5.91. The van der Waals surface area contributed by atoms with Gasteiger partial charge in [0.15, 0.2) is 5.82 Å². The van der Waals surface area contributed by atoms with Crippen LogP contribution in [0.25, 0.3) is 10.9 Å². The lowest BCUT2D eigenvalue weighted by Crippen LogP contribution is -2.29.